The number of thiophene rings is 2. The molecule has 0 saturated carbocycles. The van der Waals surface area contributed by atoms with Crippen molar-refractivity contribution in [1.29, 1.82) is 0 Å². The van der Waals surface area contributed by atoms with Gasteiger partial charge in [0.05, 0.1) is 24.3 Å². The molecule has 2 aliphatic carbocycles. The Morgan fingerprint density at radius 2 is 0.979 bits per heavy atom. The van der Waals surface area contributed by atoms with E-state index in [0.717, 1.165) is 72.2 Å². The van der Waals surface area contributed by atoms with Crippen molar-refractivity contribution in [2.75, 3.05) is 23.8 Å². The molecule has 0 unspecified atom stereocenters. The third kappa shape index (κ3) is 7.11. The zero-order chi connectivity index (χ0) is 32.9. The molecule has 11 heteroatoms. The van der Waals surface area contributed by atoms with E-state index in [-0.39, 0.29) is 25.0 Å². The predicted octanol–water partition coefficient (Wildman–Crippen LogP) is 8.22. The summed E-state index contributed by atoms with van der Waals surface area (Å²) in [7, 11) is 0. The first-order valence-corrected chi connectivity index (χ1v) is 17.6. The molecule has 2 amide bonds. The van der Waals surface area contributed by atoms with E-state index in [1.54, 1.807) is 62.4 Å². The lowest BCUT2D eigenvalue weighted by molar-refractivity contribution is 0.0516. The van der Waals surface area contributed by atoms with Crippen LogP contribution in [0.4, 0.5) is 10.0 Å². The lowest BCUT2D eigenvalue weighted by Crippen LogP contribution is -2.15. The number of esters is 2. The van der Waals surface area contributed by atoms with Crippen LogP contribution in [-0.4, -0.2) is 37.0 Å². The van der Waals surface area contributed by atoms with Crippen LogP contribution < -0.4 is 15.4 Å². The summed E-state index contributed by atoms with van der Waals surface area (Å²) in [5, 5.41) is 6.92. The highest BCUT2D eigenvalue weighted by Crippen LogP contribution is 2.40. The van der Waals surface area contributed by atoms with Gasteiger partial charge in [0.2, 0.25) is 0 Å². The van der Waals surface area contributed by atoms with E-state index in [4.69, 9.17) is 14.2 Å². The molecule has 0 fully saturated rings. The third-order valence-electron chi connectivity index (χ3n) is 8.22. The van der Waals surface area contributed by atoms with Gasteiger partial charge in [0, 0.05) is 20.9 Å². The molecular weight excluding hydrogens is 637 g/mol. The summed E-state index contributed by atoms with van der Waals surface area (Å²) in [5.41, 5.74) is 3.78. The highest BCUT2D eigenvalue weighted by Gasteiger charge is 2.29. The van der Waals surface area contributed by atoms with E-state index < -0.39 is 11.9 Å². The molecule has 2 N–H and O–H groups in total. The standard InChI is InChI=1S/C36H36N2O7S2/c1-3-43-35(41)29-25-9-5-7-11-27(25)46-33(29)37-31(39)21-13-17-23(18-14-21)45-24-19-15-22(16-20-24)32(40)38-34-30(36(42)44-4-2)26-10-6-8-12-28(26)47-34/h13-20H,3-12H2,1-2H3,(H,37,39)(H,38,40). The summed E-state index contributed by atoms with van der Waals surface area (Å²) in [6.45, 7) is 4.07. The van der Waals surface area contributed by atoms with E-state index >= 15 is 0 Å². The molecule has 0 spiro atoms. The molecule has 2 heterocycles. The second-order valence-electron chi connectivity index (χ2n) is 11.3. The molecule has 0 saturated heterocycles. The number of carbonyl (C=O) groups excluding carboxylic acids is 4. The van der Waals surface area contributed by atoms with Crippen molar-refractivity contribution >= 4 is 56.4 Å². The zero-order valence-corrected chi connectivity index (χ0v) is 28.0. The van der Waals surface area contributed by atoms with E-state index in [0.29, 0.717) is 43.8 Å². The van der Waals surface area contributed by atoms with Crippen molar-refractivity contribution in [3.63, 3.8) is 0 Å². The van der Waals surface area contributed by atoms with Gasteiger partial charge in [-0.25, -0.2) is 9.59 Å². The Morgan fingerprint density at radius 1 is 0.596 bits per heavy atom. The minimum atomic E-state index is -0.402. The average Bonchev–Trinajstić information content (AvgIpc) is 3.63. The Labute approximate surface area is 281 Å². The van der Waals surface area contributed by atoms with Gasteiger partial charge in [-0.05, 0) is 125 Å². The minimum Gasteiger partial charge on any atom is -0.462 e. The number of benzene rings is 2. The van der Waals surface area contributed by atoms with Crippen LogP contribution in [0.15, 0.2) is 48.5 Å². The maximum Gasteiger partial charge on any atom is 0.341 e. The van der Waals surface area contributed by atoms with Crippen molar-refractivity contribution in [1.82, 2.24) is 0 Å². The molecule has 2 aromatic heterocycles. The summed E-state index contributed by atoms with van der Waals surface area (Å²) in [6, 6.07) is 13.4. The predicted molar refractivity (Wildman–Crippen MR) is 183 cm³/mol. The van der Waals surface area contributed by atoms with Gasteiger partial charge < -0.3 is 24.8 Å². The quantitative estimate of drug-likeness (QED) is 0.163. The highest BCUT2D eigenvalue weighted by molar-refractivity contribution is 7.17. The largest absolute Gasteiger partial charge is 0.462 e. The van der Waals surface area contributed by atoms with Gasteiger partial charge in [0.1, 0.15) is 21.5 Å². The number of carbonyl (C=O) groups is 4. The fraction of sp³-hybridized carbons (Fsp3) is 0.333. The number of nitrogens with one attached hydrogen (secondary N) is 2. The molecule has 2 aliphatic rings. The first kappa shape index (κ1) is 32.5. The van der Waals surface area contributed by atoms with Crippen molar-refractivity contribution in [3.8, 4) is 11.5 Å². The molecule has 6 rings (SSSR count). The molecular formula is C36H36N2O7S2. The SMILES string of the molecule is CCOC(=O)c1c(NC(=O)c2ccc(Oc3ccc(C(=O)Nc4sc5c(c4C(=O)OCC)CCCC5)cc3)cc2)sc2c1CCCC2. The number of hydrogen-bond acceptors (Lipinski definition) is 9. The smallest absolute Gasteiger partial charge is 0.341 e. The van der Waals surface area contributed by atoms with Gasteiger partial charge in [0.15, 0.2) is 0 Å². The highest BCUT2D eigenvalue weighted by atomic mass is 32.1. The maximum absolute atomic E-state index is 13.1. The van der Waals surface area contributed by atoms with Crippen LogP contribution in [0, 0.1) is 0 Å². The molecule has 47 heavy (non-hydrogen) atoms. The summed E-state index contributed by atoms with van der Waals surface area (Å²) in [5.74, 6) is -0.425. The monoisotopic (exact) mass is 672 g/mol. The molecule has 0 aliphatic heterocycles. The Bertz CT molecular complexity index is 1670. The number of anilines is 2. The minimum absolute atomic E-state index is 0.267. The fourth-order valence-corrected chi connectivity index (χ4v) is 8.53. The van der Waals surface area contributed by atoms with Crippen molar-refractivity contribution < 1.29 is 33.4 Å². The Morgan fingerprint density at radius 3 is 1.36 bits per heavy atom. The molecule has 0 bridgehead atoms. The number of ether oxygens (including phenoxy) is 3. The second-order valence-corrected chi connectivity index (χ2v) is 13.5. The van der Waals surface area contributed by atoms with Gasteiger partial charge in [-0.3, -0.25) is 9.59 Å². The average molecular weight is 673 g/mol. The van der Waals surface area contributed by atoms with E-state index in [9.17, 15) is 19.2 Å². The fourth-order valence-electron chi connectivity index (χ4n) is 5.98. The van der Waals surface area contributed by atoms with E-state index in [1.807, 2.05) is 0 Å². The van der Waals surface area contributed by atoms with Crippen molar-refractivity contribution in [2.45, 2.75) is 65.2 Å². The number of rotatable bonds is 10. The van der Waals surface area contributed by atoms with E-state index in [2.05, 4.69) is 10.6 Å². The van der Waals surface area contributed by atoms with Crippen LogP contribution in [0.2, 0.25) is 0 Å². The van der Waals surface area contributed by atoms with Crippen LogP contribution in [-0.2, 0) is 35.2 Å². The topological polar surface area (TPSA) is 120 Å². The molecule has 9 nitrogen and oxygen atoms in total. The Kier molecular flexibility index (Phi) is 10.0. The summed E-state index contributed by atoms with van der Waals surface area (Å²) in [4.78, 5) is 54.1. The second kappa shape index (κ2) is 14.5. The number of amides is 2. The molecule has 0 atom stereocenters. The normalized spacial score (nSPS) is 13.6. The van der Waals surface area contributed by atoms with Crippen LogP contribution in [0.1, 0.15) is 102 Å². The van der Waals surface area contributed by atoms with Crippen molar-refractivity contribution in [3.05, 3.63) is 91.7 Å². The first-order valence-electron chi connectivity index (χ1n) is 16.0. The van der Waals surface area contributed by atoms with Crippen LogP contribution in [0.5, 0.6) is 11.5 Å². The van der Waals surface area contributed by atoms with Gasteiger partial charge in [-0.15, -0.1) is 22.7 Å². The first-order chi connectivity index (χ1) is 22.9. The van der Waals surface area contributed by atoms with Gasteiger partial charge in [-0.2, -0.15) is 0 Å². The maximum atomic E-state index is 13.1. The van der Waals surface area contributed by atoms with Crippen LogP contribution >= 0.6 is 22.7 Å². The van der Waals surface area contributed by atoms with Gasteiger partial charge >= 0.3 is 11.9 Å². The number of fused-ring (bicyclic) bond motifs is 2. The third-order valence-corrected chi connectivity index (χ3v) is 10.6. The molecule has 2 aromatic carbocycles. The zero-order valence-electron chi connectivity index (χ0n) is 26.4. The van der Waals surface area contributed by atoms with Crippen LogP contribution in [0.25, 0.3) is 0 Å². The molecule has 244 valence electrons. The summed E-state index contributed by atoms with van der Waals surface area (Å²) < 4.78 is 16.6. The summed E-state index contributed by atoms with van der Waals surface area (Å²) >= 11 is 2.90. The summed E-state index contributed by atoms with van der Waals surface area (Å²) in [6.07, 6.45) is 7.55. The number of hydrogen-bond donors (Lipinski definition) is 2. The van der Waals surface area contributed by atoms with Crippen molar-refractivity contribution in [2.24, 2.45) is 0 Å². The Balaban J connectivity index is 1.10. The lowest BCUT2D eigenvalue weighted by Gasteiger charge is -2.12. The van der Waals surface area contributed by atoms with Gasteiger partial charge in [0.25, 0.3) is 11.8 Å². The van der Waals surface area contributed by atoms with Gasteiger partial charge in [-0.1, -0.05) is 0 Å². The van der Waals surface area contributed by atoms with E-state index in [1.165, 1.54) is 22.7 Å². The number of aryl methyl sites for hydroxylation is 2. The molecule has 4 aromatic rings. The lowest BCUT2D eigenvalue weighted by atomic mass is 9.95. The van der Waals surface area contributed by atoms with Crippen LogP contribution in [0.3, 0.4) is 0 Å². The molecule has 0 radical (unpaired) electrons. The Hall–Kier alpha value is -4.48.